The van der Waals surface area contributed by atoms with Gasteiger partial charge in [-0.1, -0.05) is 11.6 Å². The van der Waals surface area contributed by atoms with Crippen LogP contribution in [0.1, 0.15) is 38.2 Å². The zero-order valence-corrected chi connectivity index (χ0v) is 16.8. The highest BCUT2D eigenvalue weighted by Crippen LogP contribution is 2.26. The number of carbonyl (C=O) groups excluding carboxylic acids is 1. The molecule has 0 atom stereocenters. The number of rotatable bonds is 7. The maximum atomic E-state index is 12.6. The molecule has 1 aromatic carbocycles. The fraction of sp³-hybridized carbons (Fsp3) is 0.579. The summed E-state index contributed by atoms with van der Waals surface area (Å²) in [7, 11) is 1.63. The number of ether oxygens (including phenoxy) is 2. The average Bonchev–Trinajstić information content (AvgIpc) is 2.67. The maximum absolute atomic E-state index is 12.6. The first-order valence-corrected chi connectivity index (χ1v) is 9.67. The Balaban J connectivity index is 1.87. The van der Waals surface area contributed by atoms with E-state index in [0.717, 1.165) is 25.7 Å². The number of hydrogen-bond donors (Lipinski definition) is 2. The Bertz CT molecular complexity index is 680. The van der Waals surface area contributed by atoms with Crippen molar-refractivity contribution in [3.8, 4) is 5.75 Å². The molecule has 0 bridgehead atoms. The lowest BCUT2D eigenvalue weighted by Gasteiger charge is -2.29. The third-order valence-corrected chi connectivity index (χ3v) is 4.83. The first-order valence-electron chi connectivity index (χ1n) is 9.30. The van der Waals surface area contributed by atoms with E-state index < -0.39 is 6.61 Å². The van der Waals surface area contributed by atoms with Gasteiger partial charge in [-0.25, -0.2) is 0 Å². The highest BCUT2D eigenvalue weighted by molar-refractivity contribution is 6.30. The molecule has 1 aromatic rings. The topological polar surface area (TPSA) is 72.0 Å². The van der Waals surface area contributed by atoms with E-state index in [1.54, 1.807) is 20.0 Å². The summed E-state index contributed by atoms with van der Waals surface area (Å²) < 4.78 is 34.8. The molecule has 6 nitrogen and oxygen atoms in total. The Kier molecular flexibility index (Phi) is 8.76. The van der Waals surface area contributed by atoms with Crippen LogP contribution in [0.5, 0.6) is 5.75 Å². The third kappa shape index (κ3) is 6.82. The number of hydrogen-bond acceptors (Lipinski definition) is 4. The van der Waals surface area contributed by atoms with Gasteiger partial charge in [-0.05, 0) is 50.8 Å². The molecule has 28 heavy (non-hydrogen) atoms. The summed E-state index contributed by atoms with van der Waals surface area (Å²) in [5.41, 5.74) is 0.502. The molecule has 1 fully saturated rings. The average molecular weight is 418 g/mol. The van der Waals surface area contributed by atoms with Crippen LogP contribution < -0.4 is 15.4 Å². The molecule has 2 N–H and O–H groups in total. The summed E-state index contributed by atoms with van der Waals surface area (Å²) in [6.07, 6.45) is 3.16. The van der Waals surface area contributed by atoms with Crippen molar-refractivity contribution in [1.29, 1.82) is 0 Å². The van der Waals surface area contributed by atoms with E-state index >= 15 is 0 Å². The number of aliphatic imine (C=N–C) groups is 1. The van der Waals surface area contributed by atoms with Gasteiger partial charge in [-0.2, -0.15) is 8.78 Å². The molecular weight excluding hydrogens is 392 g/mol. The van der Waals surface area contributed by atoms with Crippen LogP contribution in [-0.2, 0) is 16.1 Å². The van der Waals surface area contributed by atoms with E-state index in [1.165, 1.54) is 12.1 Å². The van der Waals surface area contributed by atoms with Crippen molar-refractivity contribution in [1.82, 2.24) is 10.6 Å². The van der Waals surface area contributed by atoms with E-state index in [-0.39, 0.29) is 30.2 Å². The second-order valence-electron chi connectivity index (χ2n) is 6.50. The zero-order chi connectivity index (χ0) is 20.5. The van der Waals surface area contributed by atoms with Gasteiger partial charge in [0.05, 0.1) is 12.5 Å². The second kappa shape index (κ2) is 11.0. The number of alkyl halides is 2. The summed E-state index contributed by atoms with van der Waals surface area (Å²) in [6, 6.07) is 4.66. The van der Waals surface area contributed by atoms with E-state index in [9.17, 15) is 13.6 Å². The van der Waals surface area contributed by atoms with Gasteiger partial charge in [0.1, 0.15) is 5.75 Å². The molecule has 1 aliphatic rings. The van der Waals surface area contributed by atoms with Gasteiger partial charge in [0, 0.05) is 30.2 Å². The minimum Gasteiger partial charge on any atom is -0.466 e. The van der Waals surface area contributed by atoms with Gasteiger partial charge in [-0.15, -0.1) is 0 Å². The maximum Gasteiger partial charge on any atom is 0.387 e. The molecule has 0 saturated heterocycles. The molecule has 2 rings (SSSR count). The van der Waals surface area contributed by atoms with Crippen molar-refractivity contribution >= 4 is 23.5 Å². The molecule has 0 aliphatic heterocycles. The van der Waals surface area contributed by atoms with Crippen LogP contribution in [0.3, 0.4) is 0 Å². The van der Waals surface area contributed by atoms with Gasteiger partial charge in [0.2, 0.25) is 0 Å². The molecule has 1 aliphatic carbocycles. The van der Waals surface area contributed by atoms with Crippen LogP contribution in [0.2, 0.25) is 5.02 Å². The molecule has 1 saturated carbocycles. The molecular formula is C19H26ClF2N3O3. The van der Waals surface area contributed by atoms with Gasteiger partial charge in [0.25, 0.3) is 0 Å². The van der Waals surface area contributed by atoms with Crippen LogP contribution in [0.4, 0.5) is 8.78 Å². The predicted molar refractivity (Wildman–Crippen MR) is 104 cm³/mol. The summed E-state index contributed by atoms with van der Waals surface area (Å²) in [5, 5.41) is 6.83. The summed E-state index contributed by atoms with van der Waals surface area (Å²) in [5.74, 6) is 0.435. The molecule has 9 heteroatoms. The van der Waals surface area contributed by atoms with Gasteiger partial charge in [0.15, 0.2) is 5.96 Å². The van der Waals surface area contributed by atoms with Crippen molar-refractivity contribution in [2.24, 2.45) is 10.9 Å². The van der Waals surface area contributed by atoms with E-state index in [4.69, 9.17) is 16.3 Å². The summed E-state index contributed by atoms with van der Waals surface area (Å²) >= 11 is 5.97. The SMILES string of the molecule is CCOC(=O)C1CCC(NC(=NC)NCc2cc(Cl)ccc2OC(F)F)CC1. The number of carbonyl (C=O) groups is 1. The smallest absolute Gasteiger partial charge is 0.387 e. The number of halogens is 3. The Morgan fingerprint density at radius 1 is 1.32 bits per heavy atom. The van der Waals surface area contributed by atoms with Crippen LogP contribution in [-0.4, -0.2) is 38.2 Å². The first kappa shape index (κ1) is 22.2. The normalized spacial score (nSPS) is 20.0. The highest BCUT2D eigenvalue weighted by Gasteiger charge is 2.27. The molecule has 0 spiro atoms. The van der Waals surface area contributed by atoms with Crippen molar-refractivity contribution in [3.05, 3.63) is 28.8 Å². The molecule has 0 aromatic heterocycles. The minimum absolute atomic E-state index is 0.0477. The lowest BCUT2D eigenvalue weighted by Crippen LogP contribution is -2.45. The standard InChI is InChI=1S/C19H26ClF2N3O3/c1-3-27-17(26)12-4-7-15(8-5-12)25-19(23-2)24-11-13-10-14(20)6-9-16(13)28-18(21)22/h6,9-10,12,15,18H,3-5,7-8,11H2,1-2H3,(H2,23,24,25). The van der Waals surface area contributed by atoms with Crippen molar-refractivity contribution in [3.63, 3.8) is 0 Å². The second-order valence-corrected chi connectivity index (χ2v) is 6.94. The minimum atomic E-state index is -2.91. The predicted octanol–water partition coefficient (Wildman–Crippen LogP) is 3.73. The van der Waals surface area contributed by atoms with Crippen molar-refractivity contribution < 1.29 is 23.0 Å². The number of guanidine groups is 1. The molecule has 0 heterocycles. The largest absolute Gasteiger partial charge is 0.466 e. The first-order chi connectivity index (χ1) is 13.4. The molecule has 156 valence electrons. The van der Waals surface area contributed by atoms with Crippen molar-refractivity contribution in [2.75, 3.05) is 13.7 Å². The third-order valence-electron chi connectivity index (χ3n) is 4.60. The van der Waals surface area contributed by atoms with Crippen LogP contribution in [0.15, 0.2) is 23.2 Å². The Morgan fingerprint density at radius 2 is 2.04 bits per heavy atom. The fourth-order valence-electron chi connectivity index (χ4n) is 3.20. The van der Waals surface area contributed by atoms with E-state index in [0.29, 0.717) is 23.2 Å². The van der Waals surface area contributed by atoms with Gasteiger partial charge >= 0.3 is 12.6 Å². The van der Waals surface area contributed by atoms with Crippen LogP contribution in [0.25, 0.3) is 0 Å². The monoisotopic (exact) mass is 417 g/mol. The Morgan fingerprint density at radius 3 is 2.64 bits per heavy atom. The van der Waals surface area contributed by atoms with Gasteiger partial charge in [-0.3, -0.25) is 9.79 Å². The lowest BCUT2D eigenvalue weighted by atomic mass is 9.86. The summed E-state index contributed by atoms with van der Waals surface area (Å²) in [6.45, 7) is -0.486. The molecule has 0 unspecified atom stereocenters. The number of nitrogens with one attached hydrogen (secondary N) is 2. The number of esters is 1. The van der Waals surface area contributed by atoms with E-state index in [1.807, 2.05) is 0 Å². The number of nitrogens with zero attached hydrogens (tertiary/aromatic N) is 1. The molecule has 0 amide bonds. The van der Waals surface area contributed by atoms with Gasteiger partial charge < -0.3 is 20.1 Å². The van der Waals surface area contributed by atoms with E-state index in [2.05, 4.69) is 20.4 Å². The Hall–Kier alpha value is -2.09. The lowest BCUT2D eigenvalue weighted by molar-refractivity contribution is -0.149. The zero-order valence-electron chi connectivity index (χ0n) is 16.0. The number of benzene rings is 1. The highest BCUT2D eigenvalue weighted by atomic mass is 35.5. The Labute approximate surface area is 168 Å². The quantitative estimate of drug-likeness (QED) is 0.402. The fourth-order valence-corrected chi connectivity index (χ4v) is 3.39. The van der Waals surface area contributed by atoms with Crippen molar-refractivity contribution in [2.45, 2.75) is 51.8 Å². The van der Waals surface area contributed by atoms with Crippen LogP contribution >= 0.6 is 11.6 Å². The molecule has 0 radical (unpaired) electrons. The summed E-state index contributed by atoms with van der Waals surface area (Å²) in [4.78, 5) is 16.0. The van der Waals surface area contributed by atoms with Crippen LogP contribution in [0, 0.1) is 5.92 Å².